The van der Waals surface area contributed by atoms with Gasteiger partial charge in [-0.05, 0) is 93.4 Å². The van der Waals surface area contributed by atoms with E-state index in [0.29, 0.717) is 11.8 Å². The molecule has 0 aromatic carbocycles. The van der Waals surface area contributed by atoms with Crippen molar-refractivity contribution in [2.75, 3.05) is 0 Å². The molecule has 4 aliphatic rings. The normalized spacial score (nSPS) is 35.9. The van der Waals surface area contributed by atoms with Crippen LogP contribution in [0.25, 0.3) is 0 Å². The van der Waals surface area contributed by atoms with Gasteiger partial charge in [0.15, 0.2) is 0 Å². The van der Waals surface area contributed by atoms with Gasteiger partial charge in [0, 0.05) is 11.8 Å². The highest BCUT2D eigenvalue weighted by Crippen LogP contribution is 2.60. The molecule has 126 valence electrons. The van der Waals surface area contributed by atoms with Crippen molar-refractivity contribution in [2.24, 2.45) is 23.7 Å². The van der Waals surface area contributed by atoms with Crippen molar-refractivity contribution in [3.05, 3.63) is 47.3 Å². The van der Waals surface area contributed by atoms with Gasteiger partial charge < -0.3 is 8.83 Å². The van der Waals surface area contributed by atoms with Crippen LogP contribution < -0.4 is 0 Å². The molecule has 0 spiro atoms. The summed E-state index contributed by atoms with van der Waals surface area (Å²) < 4.78 is 12.5. The van der Waals surface area contributed by atoms with Crippen molar-refractivity contribution in [1.82, 2.24) is 0 Å². The number of hydrogen-bond acceptors (Lipinski definition) is 2. The van der Waals surface area contributed by atoms with Crippen molar-refractivity contribution in [3.8, 4) is 0 Å². The van der Waals surface area contributed by atoms with Gasteiger partial charge in [0.1, 0.15) is 23.0 Å². The van der Waals surface area contributed by atoms with E-state index >= 15 is 0 Å². The maximum absolute atomic E-state index is 6.23. The molecule has 4 aliphatic carbocycles. The molecule has 0 N–H and O–H groups in total. The second kappa shape index (κ2) is 4.80. The van der Waals surface area contributed by atoms with Crippen LogP contribution in [0.2, 0.25) is 0 Å². The van der Waals surface area contributed by atoms with Gasteiger partial charge in [-0.3, -0.25) is 0 Å². The van der Waals surface area contributed by atoms with Crippen LogP contribution in [-0.4, -0.2) is 0 Å². The summed E-state index contributed by atoms with van der Waals surface area (Å²) >= 11 is 0. The van der Waals surface area contributed by atoms with Gasteiger partial charge in [-0.25, -0.2) is 0 Å². The number of furan rings is 2. The van der Waals surface area contributed by atoms with Crippen LogP contribution in [0.5, 0.6) is 0 Å². The molecular weight excluding hydrogens is 296 g/mol. The van der Waals surface area contributed by atoms with Crippen molar-refractivity contribution in [3.63, 3.8) is 0 Å². The average molecular weight is 322 g/mol. The van der Waals surface area contributed by atoms with Crippen LogP contribution in [0.1, 0.15) is 86.2 Å². The second-order valence-corrected chi connectivity index (χ2v) is 8.89. The van der Waals surface area contributed by atoms with E-state index in [-0.39, 0.29) is 5.92 Å². The molecule has 4 atom stereocenters. The molecule has 4 saturated carbocycles. The van der Waals surface area contributed by atoms with Crippen LogP contribution in [0.3, 0.4) is 0 Å². The summed E-state index contributed by atoms with van der Waals surface area (Å²) in [5.41, 5.74) is 0. The largest absolute Gasteiger partial charge is 0.465 e. The molecular formula is C22H26O2. The van der Waals surface area contributed by atoms with E-state index in [1.807, 2.05) is 0 Å². The van der Waals surface area contributed by atoms with Crippen molar-refractivity contribution in [1.29, 1.82) is 0 Å². The quantitative estimate of drug-likeness (QED) is 0.647. The van der Waals surface area contributed by atoms with Crippen LogP contribution in [0.15, 0.2) is 33.1 Å². The van der Waals surface area contributed by atoms with Gasteiger partial charge in [-0.15, -0.1) is 0 Å². The van der Waals surface area contributed by atoms with Gasteiger partial charge in [-0.2, -0.15) is 0 Å². The molecule has 2 aromatic heterocycles. The zero-order valence-corrected chi connectivity index (χ0v) is 14.4. The Morgan fingerprint density at radius 1 is 0.750 bits per heavy atom. The Hall–Kier alpha value is -1.44. The molecule has 0 radical (unpaired) electrons. The van der Waals surface area contributed by atoms with Gasteiger partial charge in [0.2, 0.25) is 0 Å². The molecule has 24 heavy (non-hydrogen) atoms. The first-order valence-electron chi connectivity index (χ1n) is 9.97. The van der Waals surface area contributed by atoms with Gasteiger partial charge in [-0.1, -0.05) is 0 Å². The van der Waals surface area contributed by atoms with Gasteiger partial charge >= 0.3 is 0 Å². The molecule has 2 heteroatoms. The molecule has 0 saturated heterocycles. The summed E-state index contributed by atoms with van der Waals surface area (Å²) in [6.45, 7) is 2.21. The lowest BCUT2D eigenvalue weighted by Gasteiger charge is -2.05. The SMILES string of the molecule is CC(c1ccc(C2CC2C2CC2)o1)c1ccc(C2CC2C2CC2)o1. The lowest BCUT2D eigenvalue weighted by molar-refractivity contribution is 0.400. The van der Waals surface area contributed by atoms with E-state index < -0.39 is 0 Å². The summed E-state index contributed by atoms with van der Waals surface area (Å²) in [6, 6.07) is 8.78. The summed E-state index contributed by atoms with van der Waals surface area (Å²) in [7, 11) is 0. The highest BCUT2D eigenvalue weighted by atomic mass is 16.4. The van der Waals surface area contributed by atoms with E-state index in [2.05, 4.69) is 31.2 Å². The molecule has 6 rings (SSSR count). The van der Waals surface area contributed by atoms with Crippen LogP contribution in [0.4, 0.5) is 0 Å². The first kappa shape index (κ1) is 13.8. The molecule has 0 bridgehead atoms. The van der Waals surface area contributed by atoms with Crippen molar-refractivity contribution in [2.45, 2.75) is 63.2 Å². The molecule has 0 amide bonds. The standard InChI is InChI=1S/C22H26O2/c1-12(19-6-8-21(23-19)17-10-15(17)13-2-3-13)20-7-9-22(24-20)18-11-16(18)14-4-5-14/h6-9,12-18H,2-5,10-11H2,1H3. The Morgan fingerprint density at radius 3 is 1.62 bits per heavy atom. The van der Waals surface area contributed by atoms with Crippen LogP contribution >= 0.6 is 0 Å². The molecule has 2 heterocycles. The first-order chi connectivity index (χ1) is 11.8. The fourth-order valence-corrected chi connectivity index (χ4v) is 4.92. The number of hydrogen-bond donors (Lipinski definition) is 0. The minimum Gasteiger partial charge on any atom is -0.465 e. The fraction of sp³-hybridized carbons (Fsp3) is 0.636. The molecule has 4 unspecified atom stereocenters. The van der Waals surface area contributed by atoms with E-state index in [0.717, 1.165) is 35.2 Å². The topological polar surface area (TPSA) is 26.3 Å². The Morgan fingerprint density at radius 2 is 1.21 bits per heavy atom. The highest BCUT2D eigenvalue weighted by Gasteiger charge is 2.50. The van der Waals surface area contributed by atoms with Crippen molar-refractivity contribution < 1.29 is 8.83 Å². The summed E-state index contributed by atoms with van der Waals surface area (Å²) in [4.78, 5) is 0. The molecule has 4 fully saturated rings. The number of rotatable bonds is 6. The predicted octanol–water partition coefficient (Wildman–Crippen LogP) is 6.05. The maximum atomic E-state index is 6.23. The molecule has 2 aromatic rings. The Labute approximate surface area is 143 Å². The monoisotopic (exact) mass is 322 g/mol. The third-order valence-electron chi connectivity index (χ3n) is 7.01. The predicted molar refractivity (Wildman–Crippen MR) is 92.1 cm³/mol. The van der Waals surface area contributed by atoms with Gasteiger partial charge in [0.25, 0.3) is 0 Å². The van der Waals surface area contributed by atoms with Crippen molar-refractivity contribution >= 4 is 0 Å². The van der Waals surface area contributed by atoms with Crippen LogP contribution in [-0.2, 0) is 0 Å². The molecule has 2 nitrogen and oxygen atoms in total. The minimum absolute atomic E-state index is 0.226. The van der Waals surface area contributed by atoms with Crippen LogP contribution in [0, 0.1) is 23.7 Å². The Bertz CT molecular complexity index is 696. The fourth-order valence-electron chi connectivity index (χ4n) is 4.92. The summed E-state index contributed by atoms with van der Waals surface area (Å²) in [6.07, 6.45) is 8.49. The van der Waals surface area contributed by atoms with E-state index in [1.54, 1.807) is 0 Å². The molecule has 0 aliphatic heterocycles. The third-order valence-corrected chi connectivity index (χ3v) is 7.01. The third kappa shape index (κ3) is 2.29. The lowest BCUT2D eigenvalue weighted by atomic mass is 10.1. The zero-order chi connectivity index (χ0) is 15.8. The van der Waals surface area contributed by atoms with E-state index in [1.165, 1.54) is 50.0 Å². The summed E-state index contributed by atoms with van der Waals surface area (Å²) in [5, 5.41) is 0. The zero-order valence-electron chi connectivity index (χ0n) is 14.4. The average Bonchev–Trinajstić information content (AvgIpc) is 3.41. The first-order valence-corrected chi connectivity index (χ1v) is 9.97. The van der Waals surface area contributed by atoms with E-state index in [9.17, 15) is 0 Å². The van der Waals surface area contributed by atoms with E-state index in [4.69, 9.17) is 8.83 Å². The highest BCUT2D eigenvalue weighted by molar-refractivity contribution is 5.27. The van der Waals surface area contributed by atoms with Gasteiger partial charge in [0.05, 0.1) is 5.92 Å². The maximum Gasteiger partial charge on any atom is 0.114 e. The smallest absolute Gasteiger partial charge is 0.114 e. The minimum atomic E-state index is 0.226. The summed E-state index contributed by atoms with van der Waals surface area (Å²) in [5.74, 6) is 10.1. The Kier molecular flexibility index (Phi) is 2.76. The Balaban J connectivity index is 1.16. The lowest BCUT2D eigenvalue weighted by Crippen LogP contribution is -1.92. The second-order valence-electron chi connectivity index (χ2n) is 8.89.